The first kappa shape index (κ1) is 16.2. The summed E-state index contributed by atoms with van der Waals surface area (Å²) in [5.41, 5.74) is 0.788. The second-order valence-corrected chi connectivity index (χ2v) is 6.74. The summed E-state index contributed by atoms with van der Waals surface area (Å²) in [4.78, 5) is 22.7. The third kappa shape index (κ3) is 3.71. The summed E-state index contributed by atoms with van der Waals surface area (Å²) in [5.74, 6) is 1.51. The van der Waals surface area contributed by atoms with Gasteiger partial charge in [-0.25, -0.2) is 0 Å². The number of ether oxygens (including phenoxy) is 1. The molecule has 1 saturated heterocycles. The molecule has 3 heterocycles. The van der Waals surface area contributed by atoms with Gasteiger partial charge in [0.1, 0.15) is 6.61 Å². The molecule has 7 nitrogen and oxygen atoms in total. The van der Waals surface area contributed by atoms with Crippen molar-refractivity contribution >= 4 is 5.91 Å². The van der Waals surface area contributed by atoms with Gasteiger partial charge in [0.2, 0.25) is 5.91 Å². The Labute approximate surface area is 146 Å². The van der Waals surface area contributed by atoms with Gasteiger partial charge in [0, 0.05) is 31.4 Å². The Bertz CT molecular complexity index is 714. The number of hydrogen-bond acceptors (Lipinski definition) is 6. The van der Waals surface area contributed by atoms with E-state index in [1.165, 1.54) is 6.42 Å². The number of piperidine rings is 1. The zero-order chi connectivity index (χ0) is 17.1. The molecule has 1 saturated carbocycles. The molecule has 4 rings (SSSR count). The summed E-state index contributed by atoms with van der Waals surface area (Å²) >= 11 is 0. The average Bonchev–Trinajstić information content (AvgIpc) is 3.08. The van der Waals surface area contributed by atoms with Crippen molar-refractivity contribution < 1.29 is 14.1 Å². The van der Waals surface area contributed by atoms with Gasteiger partial charge in [-0.05, 0) is 37.8 Å². The minimum atomic E-state index is 0.0399. The minimum Gasteiger partial charge on any atom is -0.368 e. The van der Waals surface area contributed by atoms with Crippen LogP contribution in [0.4, 0.5) is 0 Å². The number of aromatic nitrogens is 3. The van der Waals surface area contributed by atoms with Crippen molar-refractivity contribution in [2.45, 2.75) is 44.8 Å². The van der Waals surface area contributed by atoms with E-state index < -0.39 is 0 Å². The third-order valence-electron chi connectivity index (χ3n) is 4.97. The van der Waals surface area contributed by atoms with Crippen LogP contribution in [-0.4, -0.2) is 45.1 Å². The van der Waals surface area contributed by atoms with E-state index >= 15 is 0 Å². The molecular weight excluding hydrogens is 320 g/mol. The first-order valence-electron chi connectivity index (χ1n) is 8.93. The average molecular weight is 342 g/mol. The molecule has 0 N–H and O–H groups in total. The predicted molar refractivity (Wildman–Crippen MR) is 89.3 cm³/mol. The molecule has 1 atom stereocenters. The SMILES string of the molecule is O=C(C1CCC1)N1CCCC(OCc2noc(-c3cccnc3)n2)C1. The van der Waals surface area contributed by atoms with Gasteiger partial charge >= 0.3 is 0 Å². The van der Waals surface area contributed by atoms with Crippen molar-refractivity contribution in [2.24, 2.45) is 5.92 Å². The maximum Gasteiger partial charge on any atom is 0.259 e. The quantitative estimate of drug-likeness (QED) is 0.830. The van der Waals surface area contributed by atoms with Gasteiger partial charge in [0.25, 0.3) is 5.89 Å². The first-order chi connectivity index (χ1) is 12.3. The number of amides is 1. The fraction of sp³-hybridized carbons (Fsp3) is 0.556. The van der Waals surface area contributed by atoms with Gasteiger partial charge < -0.3 is 14.2 Å². The van der Waals surface area contributed by atoms with E-state index in [0.717, 1.165) is 37.8 Å². The number of nitrogens with zero attached hydrogens (tertiary/aromatic N) is 4. The lowest BCUT2D eigenvalue weighted by atomic mass is 9.84. The number of carbonyl (C=O) groups is 1. The number of rotatable bonds is 5. The molecule has 7 heteroatoms. The van der Waals surface area contributed by atoms with E-state index in [0.29, 0.717) is 30.8 Å². The molecule has 1 unspecified atom stereocenters. The van der Waals surface area contributed by atoms with Crippen molar-refractivity contribution in [1.29, 1.82) is 0 Å². The normalized spacial score (nSPS) is 21.1. The standard InChI is InChI=1S/C18H22N4O3/c23-18(13-4-1-5-13)22-9-3-7-15(11-22)24-12-16-20-17(25-21-16)14-6-2-8-19-10-14/h2,6,8,10,13,15H,1,3-5,7,9,11-12H2. The van der Waals surface area contributed by atoms with E-state index in [4.69, 9.17) is 9.26 Å². The summed E-state index contributed by atoms with van der Waals surface area (Å²) in [6.07, 6.45) is 8.63. The van der Waals surface area contributed by atoms with Crippen molar-refractivity contribution in [2.75, 3.05) is 13.1 Å². The molecule has 0 bridgehead atoms. The maximum absolute atomic E-state index is 12.4. The Morgan fingerprint density at radius 2 is 2.24 bits per heavy atom. The molecule has 1 amide bonds. The second-order valence-electron chi connectivity index (χ2n) is 6.74. The fourth-order valence-electron chi connectivity index (χ4n) is 3.30. The Hall–Kier alpha value is -2.28. The third-order valence-corrected chi connectivity index (χ3v) is 4.97. The van der Waals surface area contributed by atoms with Crippen molar-refractivity contribution in [1.82, 2.24) is 20.0 Å². The van der Waals surface area contributed by atoms with Crippen LogP contribution in [0.3, 0.4) is 0 Å². The first-order valence-corrected chi connectivity index (χ1v) is 8.93. The Balaban J connectivity index is 1.30. The Morgan fingerprint density at radius 1 is 1.32 bits per heavy atom. The van der Waals surface area contributed by atoms with Crippen LogP contribution in [0.2, 0.25) is 0 Å². The van der Waals surface area contributed by atoms with Crippen LogP contribution in [0.1, 0.15) is 37.9 Å². The van der Waals surface area contributed by atoms with Gasteiger partial charge in [0.15, 0.2) is 5.82 Å². The Kier molecular flexibility index (Phi) is 4.74. The van der Waals surface area contributed by atoms with Crippen molar-refractivity contribution in [3.63, 3.8) is 0 Å². The molecular formula is C18H22N4O3. The van der Waals surface area contributed by atoms with Crippen molar-refractivity contribution in [3.05, 3.63) is 30.4 Å². The molecule has 2 fully saturated rings. The fourth-order valence-corrected chi connectivity index (χ4v) is 3.30. The monoisotopic (exact) mass is 342 g/mol. The zero-order valence-electron chi connectivity index (χ0n) is 14.1. The molecule has 1 aliphatic heterocycles. The Morgan fingerprint density at radius 3 is 3.00 bits per heavy atom. The largest absolute Gasteiger partial charge is 0.368 e. The highest BCUT2D eigenvalue weighted by Crippen LogP contribution is 2.29. The molecule has 2 aromatic heterocycles. The lowest BCUT2D eigenvalue weighted by Crippen LogP contribution is -2.46. The van der Waals surface area contributed by atoms with E-state index in [9.17, 15) is 4.79 Å². The number of carbonyl (C=O) groups excluding carboxylic acids is 1. The van der Waals surface area contributed by atoms with E-state index in [-0.39, 0.29) is 12.0 Å². The number of pyridine rings is 1. The number of likely N-dealkylation sites (tertiary alicyclic amines) is 1. The van der Waals surface area contributed by atoms with Gasteiger partial charge in [-0.2, -0.15) is 4.98 Å². The van der Waals surface area contributed by atoms with Crippen LogP contribution in [0, 0.1) is 5.92 Å². The highest BCUT2D eigenvalue weighted by Gasteiger charge is 2.32. The molecule has 25 heavy (non-hydrogen) atoms. The molecule has 0 spiro atoms. The maximum atomic E-state index is 12.4. The highest BCUT2D eigenvalue weighted by atomic mass is 16.5. The summed E-state index contributed by atoms with van der Waals surface area (Å²) in [7, 11) is 0. The number of hydrogen-bond donors (Lipinski definition) is 0. The van der Waals surface area contributed by atoms with Crippen LogP contribution in [0.5, 0.6) is 0 Å². The van der Waals surface area contributed by atoms with Crippen LogP contribution < -0.4 is 0 Å². The molecule has 132 valence electrons. The van der Waals surface area contributed by atoms with Crippen LogP contribution >= 0.6 is 0 Å². The van der Waals surface area contributed by atoms with E-state index in [1.807, 2.05) is 17.0 Å². The topological polar surface area (TPSA) is 81.4 Å². The summed E-state index contributed by atoms with van der Waals surface area (Å²) in [6.45, 7) is 1.81. The van der Waals surface area contributed by atoms with Crippen LogP contribution in [0.25, 0.3) is 11.5 Å². The predicted octanol–water partition coefficient (Wildman–Crippen LogP) is 2.44. The summed E-state index contributed by atoms with van der Waals surface area (Å²) < 4.78 is 11.2. The lowest BCUT2D eigenvalue weighted by molar-refractivity contribution is -0.142. The summed E-state index contributed by atoms with van der Waals surface area (Å²) in [5, 5.41) is 3.96. The molecule has 1 aliphatic carbocycles. The van der Waals surface area contributed by atoms with Crippen LogP contribution in [-0.2, 0) is 16.1 Å². The highest BCUT2D eigenvalue weighted by molar-refractivity contribution is 5.79. The van der Waals surface area contributed by atoms with E-state index in [2.05, 4.69) is 15.1 Å². The van der Waals surface area contributed by atoms with E-state index in [1.54, 1.807) is 12.4 Å². The van der Waals surface area contributed by atoms with Gasteiger partial charge in [-0.1, -0.05) is 11.6 Å². The molecule has 2 aromatic rings. The zero-order valence-corrected chi connectivity index (χ0v) is 14.1. The minimum absolute atomic E-state index is 0.0399. The van der Waals surface area contributed by atoms with Gasteiger partial charge in [-0.15, -0.1) is 0 Å². The van der Waals surface area contributed by atoms with Crippen molar-refractivity contribution in [3.8, 4) is 11.5 Å². The lowest BCUT2D eigenvalue weighted by Gasteiger charge is -2.37. The second kappa shape index (κ2) is 7.31. The van der Waals surface area contributed by atoms with Crippen LogP contribution in [0.15, 0.2) is 29.0 Å². The smallest absolute Gasteiger partial charge is 0.259 e. The molecule has 2 aliphatic rings. The molecule has 0 radical (unpaired) electrons. The molecule has 0 aromatic carbocycles. The summed E-state index contributed by atoms with van der Waals surface area (Å²) in [6, 6.07) is 3.70. The van der Waals surface area contributed by atoms with Gasteiger partial charge in [0.05, 0.1) is 11.7 Å². The van der Waals surface area contributed by atoms with Gasteiger partial charge in [-0.3, -0.25) is 9.78 Å².